The lowest BCUT2D eigenvalue weighted by Gasteiger charge is -2.12. The predicted octanol–water partition coefficient (Wildman–Crippen LogP) is 3.16. The molecule has 8 nitrogen and oxygen atoms in total. The molecule has 10 heteroatoms. The minimum absolute atomic E-state index is 0.181. The van der Waals surface area contributed by atoms with Crippen molar-refractivity contribution in [2.75, 3.05) is 12.1 Å². The molecule has 0 fully saturated rings. The zero-order chi connectivity index (χ0) is 18.8. The number of nitrogens with one attached hydrogen (secondary N) is 1. The van der Waals surface area contributed by atoms with Crippen LogP contribution in [0.25, 0.3) is 5.69 Å². The maximum Gasteiger partial charge on any atom is 0.237 e. The fourth-order valence-electron chi connectivity index (χ4n) is 2.45. The van der Waals surface area contributed by atoms with E-state index in [2.05, 4.69) is 20.8 Å². The van der Waals surface area contributed by atoms with Crippen molar-refractivity contribution in [2.24, 2.45) is 0 Å². The number of carbonyl (C=O) groups excluding carboxylic acids is 1. The van der Waals surface area contributed by atoms with E-state index >= 15 is 0 Å². The quantitative estimate of drug-likeness (QED) is 0.654. The zero-order valence-electron chi connectivity index (χ0n) is 14.1. The molecule has 2 heterocycles. The topological polar surface area (TPSA) is 91.2 Å². The van der Waals surface area contributed by atoms with Crippen LogP contribution in [-0.4, -0.2) is 38.2 Å². The van der Waals surface area contributed by atoms with Crippen molar-refractivity contribution >= 4 is 35.0 Å². The van der Waals surface area contributed by atoms with Gasteiger partial charge in [-0.1, -0.05) is 29.4 Å². The number of fused-ring (bicyclic) bond motifs is 1. The molecule has 4 rings (SSSR count). The fraction of sp³-hybridized carbons (Fsp3) is 0.176. The Balaban J connectivity index is 1.46. The van der Waals surface area contributed by atoms with Crippen molar-refractivity contribution in [2.45, 2.75) is 17.3 Å². The monoisotopic (exact) mass is 403 g/mol. The van der Waals surface area contributed by atoms with Crippen molar-refractivity contribution in [3.05, 3.63) is 47.5 Å². The number of aromatic nitrogens is 4. The number of hydrogen-bond acceptors (Lipinski definition) is 7. The van der Waals surface area contributed by atoms with Gasteiger partial charge in [-0.25, -0.2) is 0 Å². The summed E-state index contributed by atoms with van der Waals surface area (Å²) >= 11 is 7.27. The van der Waals surface area contributed by atoms with Crippen molar-refractivity contribution < 1.29 is 14.3 Å². The Bertz CT molecular complexity index is 996. The molecule has 1 N–H and O–H groups in total. The van der Waals surface area contributed by atoms with E-state index in [0.29, 0.717) is 27.4 Å². The Morgan fingerprint density at radius 2 is 2.11 bits per heavy atom. The van der Waals surface area contributed by atoms with Crippen LogP contribution in [0.1, 0.15) is 6.92 Å². The van der Waals surface area contributed by atoms with E-state index in [1.54, 1.807) is 41.9 Å². The first-order valence-corrected chi connectivity index (χ1v) is 9.27. The minimum atomic E-state index is -0.431. The molecular weight excluding hydrogens is 390 g/mol. The van der Waals surface area contributed by atoms with Gasteiger partial charge in [0, 0.05) is 16.8 Å². The van der Waals surface area contributed by atoms with Crippen LogP contribution < -0.4 is 14.8 Å². The average Bonchev–Trinajstić information content (AvgIpc) is 3.30. The van der Waals surface area contributed by atoms with E-state index in [4.69, 9.17) is 21.1 Å². The second kappa shape index (κ2) is 7.45. The summed E-state index contributed by atoms with van der Waals surface area (Å²) in [5.41, 5.74) is 1.35. The van der Waals surface area contributed by atoms with Crippen molar-refractivity contribution in [3.8, 4) is 17.2 Å². The first kappa shape index (κ1) is 17.6. The van der Waals surface area contributed by atoms with Crippen LogP contribution >= 0.6 is 23.4 Å². The third kappa shape index (κ3) is 3.83. The Labute approximate surface area is 163 Å². The van der Waals surface area contributed by atoms with Crippen LogP contribution in [0, 0.1) is 0 Å². The average molecular weight is 404 g/mol. The molecule has 1 amide bonds. The number of carbonyl (C=O) groups is 1. The third-order valence-electron chi connectivity index (χ3n) is 3.79. The predicted molar refractivity (Wildman–Crippen MR) is 101 cm³/mol. The molecule has 0 aliphatic carbocycles. The van der Waals surface area contributed by atoms with Gasteiger partial charge in [0.25, 0.3) is 0 Å². The minimum Gasteiger partial charge on any atom is -0.454 e. The van der Waals surface area contributed by atoms with Gasteiger partial charge in [0.1, 0.15) is 0 Å². The second-order valence-electron chi connectivity index (χ2n) is 5.67. The van der Waals surface area contributed by atoms with Crippen LogP contribution in [-0.2, 0) is 4.79 Å². The highest BCUT2D eigenvalue weighted by Gasteiger charge is 2.21. The molecule has 0 radical (unpaired) electrons. The van der Waals surface area contributed by atoms with Crippen LogP contribution in [0.15, 0.2) is 47.6 Å². The lowest BCUT2D eigenvalue weighted by atomic mass is 10.2. The summed E-state index contributed by atoms with van der Waals surface area (Å²) in [4.78, 5) is 12.5. The van der Waals surface area contributed by atoms with Gasteiger partial charge in [0.2, 0.25) is 17.9 Å². The summed E-state index contributed by atoms with van der Waals surface area (Å²) in [6, 6.07) is 12.4. The number of nitrogens with zero attached hydrogens (tertiary/aromatic N) is 4. The van der Waals surface area contributed by atoms with Crippen LogP contribution in [0.5, 0.6) is 11.5 Å². The molecule has 27 heavy (non-hydrogen) atoms. The SMILES string of the molecule is C[C@@H](Sc1nnnn1-c1cccc(Cl)c1)C(=O)Nc1ccc2c(c1)OCO2. The first-order chi connectivity index (χ1) is 13.1. The van der Waals surface area contributed by atoms with Crippen LogP contribution in [0.3, 0.4) is 0 Å². The summed E-state index contributed by atoms with van der Waals surface area (Å²) in [5, 5.41) is 15.2. The van der Waals surface area contributed by atoms with E-state index in [1.807, 2.05) is 12.1 Å². The van der Waals surface area contributed by atoms with Crippen LogP contribution in [0.4, 0.5) is 5.69 Å². The number of ether oxygens (including phenoxy) is 2. The molecule has 0 spiro atoms. The molecular formula is C17H14ClN5O3S. The number of benzene rings is 2. The number of halogens is 1. The highest BCUT2D eigenvalue weighted by atomic mass is 35.5. The maximum atomic E-state index is 12.5. The molecule has 1 aliphatic heterocycles. The summed E-state index contributed by atoms with van der Waals surface area (Å²) in [7, 11) is 0. The summed E-state index contributed by atoms with van der Waals surface area (Å²) in [6.45, 7) is 1.97. The molecule has 0 bridgehead atoms. The summed E-state index contributed by atoms with van der Waals surface area (Å²) in [6.07, 6.45) is 0. The number of tetrazole rings is 1. The van der Waals surface area contributed by atoms with Gasteiger partial charge < -0.3 is 14.8 Å². The lowest BCUT2D eigenvalue weighted by molar-refractivity contribution is -0.115. The standard InChI is InChI=1S/C17H14ClN5O3S/c1-10(16(24)19-12-5-6-14-15(8-12)26-9-25-14)27-17-20-21-22-23(17)13-4-2-3-11(18)7-13/h2-8,10H,9H2,1H3,(H,19,24)/t10-/m1/s1. The van der Waals surface area contributed by atoms with Gasteiger partial charge in [-0.2, -0.15) is 4.68 Å². The smallest absolute Gasteiger partial charge is 0.237 e. The Kier molecular flexibility index (Phi) is 4.87. The van der Waals surface area contributed by atoms with Crippen molar-refractivity contribution in [3.63, 3.8) is 0 Å². The van der Waals surface area contributed by atoms with E-state index < -0.39 is 5.25 Å². The highest BCUT2D eigenvalue weighted by molar-refractivity contribution is 8.00. The van der Waals surface area contributed by atoms with Crippen molar-refractivity contribution in [1.29, 1.82) is 0 Å². The van der Waals surface area contributed by atoms with Crippen LogP contribution in [0.2, 0.25) is 5.02 Å². The largest absolute Gasteiger partial charge is 0.454 e. The fourth-order valence-corrected chi connectivity index (χ4v) is 3.44. The van der Waals surface area contributed by atoms with E-state index in [1.165, 1.54) is 11.8 Å². The molecule has 1 atom stereocenters. The van der Waals surface area contributed by atoms with Gasteiger partial charge in [0.05, 0.1) is 10.9 Å². The third-order valence-corrected chi connectivity index (χ3v) is 5.05. The van der Waals surface area contributed by atoms with Gasteiger partial charge >= 0.3 is 0 Å². The normalized spacial score (nSPS) is 13.4. The molecule has 2 aromatic carbocycles. The Morgan fingerprint density at radius 3 is 2.96 bits per heavy atom. The van der Waals surface area contributed by atoms with E-state index in [-0.39, 0.29) is 12.7 Å². The molecule has 1 aromatic heterocycles. The summed E-state index contributed by atoms with van der Waals surface area (Å²) in [5.74, 6) is 1.09. The van der Waals surface area contributed by atoms with Gasteiger partial charge in [-0.15, -0.1) is 5.10 Å². The maximum absolute atomic E-state index is 12.5. The highest BCUT2D eigenvalue weighted by Crippen LogP contribution is 2.34. The molecule has 1 aliphatic rings. The van der Waals surface area contributed by atoms with E-state index in [9.17, 15) is 4.79 Å². The molecule has 0 unspecified atom stereocenters. The summed E-state index contributed by atoms with van der Waals surface area (Å²) < 4.78 is 12.1. The second-order valence-corrected chi connectivity index (χ2v) is 7.41. The first-order valence-electron chi connectivity index (χ1n) is 8.01. The zero-order valence-corrected chi connectivity index (χ0v) is 15.7. The number of thioether (sulfide) groups is 1. The van der Waals surface area contributed by atoms with E-state index in [0.717, 1.165) is 5.69 Å². The van der Waals surface area contributed by atoms with Gasteiger partial charge in [-0.05, 0) is 47.7 Å². The molecule has 3 aromatic rings. The molecule has 0 saturated heterocycles. The lowest BCUT2D eigenvalue weighted by Crippen LogP contribution is -2.22. The number of hydrogen-bond donors (Lipinski definition) is 1. The van der Waals surface area contributed by atoms with Gasteiger partial charge in [0.15, 0.2) is 11.5 Å². The molecule has 0 saturated carbocycles. The number of anilines is 1. The number of rotatable bonds is 5. The Hall–Kier alpha value is -2.78. The van der Waals surface area contributed by atoms with Crippen molar-refractivity contribution in [1.82, 2.24) is 20.2 Å². The number of amides is 1. The Morgan fingerprint density at radius 1 is 1.26 bits per heavy atom. The molecule has 138 valence electrons. The van der Waals surface area contributed by atoms with Gasteiger partial charge in [-0.3, -0.25) is 4.79 Å².